The van der Waals surface area contributed by atoms with Gasteiger partial charge in [0.25, 0.3) is 0 Å². The molecule has 3 aromatic rings. The number of ketones is 1. The van der Waals surface area contributed by atoms with Crippen LogP contribution in [0.2, 0.25) is 10.0 Å². The first-order chi connectivity index (χ1) is 16.5. The first-order valence-corrected chi connectivity index (χ1v) is 11.4. The summed E-state index contributed by atoms with van der Waals surface area (Å²) in [5, 5.41) is 8.48. The number of nitrogens with one attached hydrogen (secondary N) is 1. The highest BCUT2D eigenvalue weighted by molar-refractivity contribution is 6.42. The molecular weight excluding hydrogens is 479 g/mol. The number of rotatable bonds is 5. The van der Waals surface area contributed by atoms with Gasteiger partial charge in [-0.15, -0.1) is 0 Å². The van der Waals surface area contributed by atoms with E-state index in [0.717, 1.165) is 11.3 Å². The van der Waals surface area contributed by atoms with Gasteiger partial charge < -0.3 is 19.5 Å². The quantitative estimate of drug-likeness (QED) is 0.525. The van der Waals surface area contributed by atoms with Crippen molar-refractivity contribution in [2.45, 2.75) is 24.8 Å². The lowest BCUT2D eigenvalue weighted by Gasteiger charge is -2.35. The van der Waals surface area contributed by atoms with Crippen molar-refractivity contribution in [3.8, 4) is 17.2 Å². The lowest BCUT2D eigenvalue weighted by molar-refractivity contribution is -0.116. The highest BCUT2D eigenvalue weighted by atomic mass is 35.5. The van der Waals surface area contributed by atoms with Crippen molar-refractivity contribution in [3.63, 3.8) is 0 Å². The van der Waals surface area contributed by atoms with Gasteiger partial charge in [-0.05, 0) is 36.1 Å². The van der Waals surface area contributed by atoms with E-state index in [4.69, 9.17) is 37.4 Å². The maximum Gasteiger partial charge on any atom is 0.226 e. The Hall–Kier alpha value is -3.23. The predicted octanol–water partition coefficient (Wildman–Crippen LogP) is 5.03. The number of aromatic nitrogens is 3. The molecule has 1 aliphatic heterocycles. The number of Topliss-reactive ketones (excluding diaryl/α,β-unsaturated/α-hetero) is 1. The summed E-state index contributed by atoms with van der Waals surface area (Å²) in [4.78, 5) is 18.0. The van der Waals surface area contributed by atoms with Gasteiger partial charge in [-0.25, -0.2) is 4.68 Å². The average Bonchev–Trinajstić information content (AvgIpc) is 3.31. The number of methoxy groups -OCH3 is 3. The second-order valence-electron chi connectivity index (χ2n) is 8.08. The molecule has 0 fully saturated rings. The Kier molecular flexibility index (Phi) is 5.87. The lowest BCUT2D eigenvalue weighted by atomic mass is 9.77. The molecule has 10 heteroatoms. The maximum absolute atomic E-state index is 13.6. The van der Waals surface area contributed by atoms with Gasteiger partial charge in [0.05, 0.1) is 31.4 Å². The number of hydrogen-bond donors (Lipinski definition) is 1. The van der Waals surface area contributed by atoms with E-state index in [2.05, 4.69) is 15.4 Å². The van der Waals surface area contributed by atoms with Gasteiger partial charge in [0.15, 0.2) is 17.3 Å². The van der Waals surface area contributed by atoms with Crippen molar-refractivity contribution < 1.29 is 19.0 Å². The van der Waals surface area contributed by atoms with Gasteiger partial charge in [-0.3, -0.25) is 4.79 Å². The molecule has 0 saturated carbocycles. The largest absolute Gasteiger partial charge is 0.493 e. The van der Waals surface area contributed by atoms with Crippen molar-refractivity contribution in [1.82, 2.24) is 14.8 Å². The third-order valence-electron chi connectivity index (χ3n) is 6.30. The smallest absolute Gasteiger partial charge is 0.226 e. The fourth-order valence-electron chi connectivity index (χ4n) is 4.74. The minimum absolute atomic E-state index is 0.00491. The number of hydrogen-bond acceptors (Lipinski definition) is 7. The van der Waals surface area contributed by atoms with Crippen LogP contribution in [-0.4, -0.2) is 41.9 Å². The standard InChI is InChI=1S/C24H22Cl2N4O4/c1-32-18-9-13(10-19(33-2)23(18)34-3)12-7-16-20(17(31)8-12)22(30-24(29-16)27-11-28-30)14-5-4-6-15(25)21(14)26/h4-6,9-12,22H,7-8H2,1-3H3,(H,27,28,29)/t12-,22-/m1/s1. The van der Waals surface area contributed by atoms with Gasteiger partial charge in [-0.2, -0.15) is 10.1 Å². The third-order valence-corrected chi connectivity index (χ3v) is 7.13. The number of carbonyl (C=O) groups excluding carboxylic acids is 1. The maximum atomic E-state index is 13.6. The minimum atomic E-state index is -0.520. The van der Waals surface area contributed by atoms with E-state index in [1.54, 1.807) is 32.1 Å². The van der Waals surface area contributed by atoms with E-state index < -0.39 is 6.04 Å². The SMILES string of the molecule is COc1cc([C@H]2CC(=O)C3=C(C2)Nc2ncnn2[C@@H]3c2cccc(Cl)c2Cl)cc(OC)c1OC. The van der Waals surface area contributed by atoms with Gasteiger partial charge in [0, 0.05) is 23.3 Å². The molecule has 0 radical (unpaired) electrons. The zero-order chi connectivity index (χ0) is 24.0. The van der Waals surface area contributed by atoms with Crippen LogP contribution in [0.5, 0.6) is 17.2 Å². The number of ether oxygens (including phenoxy) is 3. The molecule has 0 unspecified atom stereocenters. The molecule has 5 rings (SSSR count). The fourth-order valence-corrected chi connectivity index (χ4v) is 5.16. The Morgan fingerprint density at radius 1 is 1.06 bits per heavy atom. The molecule has 176 valence electrons. The van der Waals surface area contributed by atoms with Crippen LogP contribution in [0.3, 0.4) is 0 Å². The van der Waals surface area contributed by atoms with E-state index >= 15 is 0 Å². The van der Waals surface area contributed by atoms with Crippen molar-refractivity contribution >= 4 is 34.9 Å². The van der Waals surface area contributed by atoms with Crippen LogP contribution in [0.1, 0.15) is 35.9 Å². The van der Waals surface area contributed by atoms with Gasteiger partial charge in [0.2, 0.25) is 11.7 Å². The summed E-state index contributed by atoms with van der Waals surface area (Å²) in [6, 6.07) is 8.65. The molecular formula is C24H22Cl2N4O4. The molecule has 2 heterocycles. The van der Waals surface area contributed by atoms with Crippen LogP contribution in [0.15, 0.2) is 47.9 Å². The molecule has 0 bridgehead atoms. The first-order valence-electron chi connectivity index (χ1n) is 10.6. The minimum Gasteiger partial charge on any atom is -0.493 e. The summed E-state index contributed by atoms with van der Waals surface area (Å²) in [5.41, 5.74) is 3.03. The number of nitrogens with zero attached hydrogens (tertiary/aromatic N) is 3. The number of benzene rings is 2. The van der Waals surface area contributed by atoms with Crippen molar-refractivity contribution in [2.75, 3.05) is 26.6 Å². The van der Waals surface area contributed by atoms with Crippen molar-refractivity contribution in [1.29, 1.82) is 0 Å². The van der Waals surface area contributed by atoms with Gasteiger partial charge in [-0.1, -0.05) is 35.3 Å². The predicted molar refractivity (Wildman–Crippen MR) is 128 cm³/mol. The van der Waals surface area contributed by atoms with Crippen molar-refractivity contribution in [2.24, 2.45) is 0 Å². The Balaban J connectivity index is 1.60. The van der Waals surface area contributed by atoms with Crippen LogP contribution in [-0.2, 0) is 4.79 Å². The van der Waals surface area contributed by atoms with Gasteiger partial charge >= 0.3 is 0 Å². The zero-order valence-corrected chi connectivity index (χ0v) is 20.3. The molecule has 0 saturated heterocycles. The monoisotopic (exact) mass is 500 g/mol. The van der Waals surface area contributed by atoms with Crippen LogP contribution in [0, 0.1) is 0 Å². The highest BCUT2D eigenvalue weighted by Crippen LogP contribution is 2.48. The number of carbonyl (C=O) groups is 1. The molecule has 0 amide bonds. The Bertz CT molecular complexity index is 1300. The van der Waals surface area contributed by atoms with E-state index in [1.807, 2.05) is 24.3 Å². The number of anilines is 1. The molecule has 2 atom stereocenters. The molecule has 8 nitrogen and oxygen atoms in total. The summed E-state index contributed by atoms with van der Waals surface area (Å²) >= 11 is 12.9. The van der Waals surface area contributed by atoms with Crippen LogP contribution >= 0.6 is 23.2 Å². The zero-order valence-electron chi connectivity index (χ0n) is 18.8. The molecule has 2 aliphatic rings. The van der Waals surface area contributed by atoms with Crippen LogP contribution in [0.4, 0.5) is 5.95 Å². The first kappa shape index (κ1) is 22.6. The fraction of sp³-hybridized carbons (Fsp3) is 0.292. The Labute approximate surface area is 206 Å². The number of allylic oxidation sites excluding steroid dienone is 2. The topological polar surface area (TPSA) is 87.5 Å². The van der Waals surface area contributed by atoms with Crippen molar-refractivity contribution in [3.05, 3.63) is 69.1 Å². The molecule has 34 heavy (non-hydrogen) atoms. The lowest BCUT2D eigenvalue weighted by Crippen LogP contribution is -2.33. The summed E-state index contributed by atoms with van der Waals surface area (Å²) in [5.74, 6) is 2.04. The van der Waals surface area contributed by atoms with Crippen LogP contribution < -0.4 is 19.5 Å². The molecule has 1 aromatic heterocycles. The van der Waals surface area contributed by atoms with E-state index in [9.17, 15) is 4.79 Å². The summed E-state index contributed by atoms with van der Waals surface area (Å²) < 4.78 is 18.1. The molecule has 1 N–H and O–H groups in total. The van der Waals surface area contributed by atoms with E-state index in [-0.39, 0.29) is 11.7 Å². The third kappa shape index (κ3) is 3.58. The van der Waals surface area contributed by atoms with E-state index in [0.29, 0.717) is 57.2 Å². The summed E-state index contributed by atoms with van der Waals surface area (Å²) in [7, 11) is 4.70. The summed E-state index contributed by atoms with van der Waals surface area (Å²) in [6.07, 6.45) is 2.34. The summed E-state index contributed by atoms with van der Waals surface area (Å²) in [6.45, 7) is 0. The van der Waals surface area contributed by atoms with E-state index in [1.165, 1.54) is 6.33 Å². The Morgan fingerprint density at radius 3 is 2.47 bits per heavy atom. The highest BCUT2D eigenvalue weighted by Gasteiger charge is 2.40. The second kappa shape index (κ2) is 8.85. The molecule has 2 aromatic carbocycles. The normalized spacial score (nSPS) is 19.3. The van der Waals surface area contributed by atoms with Gasteiger partial charge in [0.1, 0.15) is 12.4 Å². The number of fused-ring (bicyclic) bond motifs is 1. The Morgan fingerprint density at radius 2 is 1.79 bits per heavy atom. The molecule has 0 spiro atoms. The average molecular weight is 501 g/mol. The number of halogens is 2. The second-order valence-corrected chi connectivity index (χ2v) is 8.86. The molecule has 1 aliphatic carbocycles. The van der Waals surface area contributed by atoms with Crippen LogP contribution in [0.25, 0.3) is 0 Å².